The van der Waals surface area contributed by atoms with E-state index in [0.717, 1.165) is 10.6 Å². The van der Waals surface area contributed by atoms with Crippen LogP contribution >= 0.6 is 11.8 Å². The van der Waals surface area contributed by atoms with E-state index in [9.17, 15) is 8.42 Å². The highest BCUT2D eigenvalue weighted by atomic mass is 32.2. The summed E-state index contributed by atoms with van der Waals surface area (Å²) in [6.45, 7) is 2.27. The van der Waals surface area contributed by atoms with Gasteiger partial charge in [-0.1, -0.05) is 90.4 Å². The molecule has 0 atom stereocenters. The number of thioether (sulfide) groups is 1. The number of nitrogens with two attached hydrogens (primary N) is 1. The topological polar surface area (TPSA) is 63.4 Å². The molecular weight excluding hydrogens is 412 g/mol. The maximum atomic E-state index is 12.2. The van der Waals surface area contributed by atoms with Crippen molar-refractivity contribution in [3.05, 3.63) is 18.2 Å². The van der Waals surface area contributed by atoms with Crippen molar-refractivity contribution in [3.63, 3.8) is 0 Å². The van der Waals surface area contributed by atoms with Crippen LogP contribution in [0.15, 0.2) is 28.0 Å². The van der Waals surface area contributed by atoms with Crippen molar-refractivity contribution in [2.75, 3.05) is 25.6 Å². The number of benzene rings is 1. The lowest BCUT2D eigenvalue weighted by Crippen LogP contribution is -2.22. The second-order valence-corrected chi connectivity index (χ2v) is 11.7. The van der Waals surface area contributed by atoms with Crippen molar-refractivity contribution >= 4 is 27.5 Å². The van der Waals surface area contributed by atoms with Gasteiger partial charge in [-0.05, 0) is 30.4 Å². The lowest BCUT2D eigenvalue weighted by Gasteiger charge is -2.13. The van der Waals surface area contributed by atoms with Gasteiger partial charge in [0.05, 0.1) is 4.90 Å². The van der Waals surface area contributed by atoms with Crippen LogP contribution in [0.25, 0.3) is 0 Å². The molecule has 0 aromatic heterocycles. The van der Waals surface area contributed by atoms with Crippen LogP contribution in [0.3, 0.4) is 0 Å². The molecule has 0 unspecified atom stereocenters. The first-order valence-corrected chi connectivity index (χ1v) is 14.3. The third-order valence-electron chi connectivity index (χ3n) is 5.52. The Labute approximate surface area is 190 Å². The Hall–Kier alpha value is -0.720. The van der Waals surface area contributed by atoms with Crippen LogP contribution < -0.4 is 5.73 Å². The number of sulfonamides is 1. The van der Waals surface area contributed by atoms with E-state index in [1.165, 1.54) is 108 Å². The summed E-state index contributed by atoms with van der Waals surface area (Å²) in [5.41, 5.74) is 6.62. The van der Waals surface area contributed by atoms with E-state index in [0.29, 0.717) is 5.69 Å². The summed E-state index contributed by atoms with van der Waals surface area (Å²) < 4.78 is 25.5. The quantitative estimate of drug-likeness (QED) is 0.145. The van der Waals surface area contributed by atoms with E-state index < -0.39 is 10.0 Å². The van der Waals surface area contributed by atoms with Gasteiger partial charge < -0.3 is 5.73 Å². The minimum absolute atomic E-state index is 0.255. The second kappa shape index (κ2) is 16.0. The molecule has 1 aromatic rings. The fraction of sp³-hybridized carbons (Fsp3) is 0.750. The van der Waals surface area contributed by atoms with Crippen molar-refractivity contribution in [3.8, 4) is 0 Å². The molecule has 0 saturated carbocycles. The fourth-order valence-corrected chi connectivity index (χ4v) is 5.40. The molecule has 0 aliphatic carbocycles. The molecule has 4 nitrogen and oxygen atoms in total. The van der Waals surface area contributed by atoms with Gasteiger partial charge in [0.25, 0.3) is 0 Å². The third-order valence-corrected chi connectivity index (χ3v) is 8.50. The summed E-state index contributed by atoms with van der Waals surface area (Å²) in [6.07, 6.45) is 19.1. The second-order valence-electron chi connectivity index (χ2n) is 8.43. The average Bonchev–Trinajstić information content (AvgIpc) is 2.71. The normalized spacial score (nSPS) is 12.0. The van der Waals surface area contributed by atoms with E-state index in [-0.39, 0.29) is 4.90 Å². The van der Waals surface area contributed by atoms with Gasteiger partial charge in [-0.2, -0.15) is 0 Å². The summed E-state index contributed by atoms with van der Waals surface area (Å²) >= 11 is 1.73. The standard InChI is InChI=1S/C24H44N2O2S2/c1-4-5-6-7-8-9-10-11-12-13-14-15-16-17-20-29-24-19-18-22(21-23(24)25)30(27,28)26(2)3/h18-19,21H,4-17,20,25H2,1-3H3. The van der Waals surface area contributed by atoms with Crippen molar-refractivity contribution in [2.24, 2.45) is 0 Å². The molecule has 0 spiro atoms. The monoisotopic (exact) mass is 456 g/mol. The molecule has 30 heavy (non-hydrogen) atoms. The zero-order valence-corrected chi connectivity index (χ0v) is 21.1. The van der Waals surface area contributed by atoms with Gasteiger partial charge in [0.2, 0.25) is 10.0 Å². The van der Waals surface area contributed by atoms with Gasteiger partial charge in [-0.3, -0.25) is 0 Å². The summed E-state index contributed by atoms with van der Waals surface area (Å²) in [4.78, 5) is 1.23. The Morgan fingerprint density at radius 3 is 1.70 bits per heavy atom. The van der Waals surface area contributed by atoms with Gasteiger partial charge >= 0.3 is 0 Å². The van der Waals surface area contributed by atoms with Crippen LogP contribution in [-0.2, 0) is 10.0 Å². The summed E-state index contributed by atoms with van der Waals surface area (Å²) in [6, 6.07) is 5.06. The minimum Gasteiger partial charge on any atom is -0.398 e. The molecule has 0 aliphatic heterocycles. The van der Waals surface area contributed by atoms with E-state index in [4.69, 9.17) is 5.73 Å². The number of rotatable bonds is 18. The summed E-state index contributed by atoms with van der Waals surface area (Å²) in [7, 11) is -0.360. The van der Waals surface area contributed by atoms with Crippen LogP contribution in [0.5, 0.6) is 0 Å². The fourth-order valence-electron chi connectivity index (χ4n) is 3.51. The summed E-state index contributed by atoms with van der Waals surface area (Å²) in [5, 5.41) is 0. The molecule has 6 heteroatoms. The average molecular weight is 457 g/mol. The Bertz CT molecular complexity index is 676. The molecule has 0 fully saturated rings. The molecule has 0 heterocycles. The van der Waals surface area contributed by atoms with Crippen LogP contribution in [-0.4, -0.2) is 32.6 Å². The zero-order chi connectivity index (χ0) is 22.2. The molecule has 1 rings (SSSR count). The Balaban J connectivity index is 2.04. The zero-order valence-electron chi connectivity index (χ0n) is 19.5. The van der Waals surface area contributed by atoms with Crippen LogP contribution in [0.2, 0.25) is 0 Å². The molecule has 0 aliphatic rings. The number of nitrogen functional groups attached to an aromatic ring is 1. The molecule has 0 saturated heterocycles. The van der Waals surface area contributed by atoms with Crippen LogP contribution in [0.1, 0.15) is 96.8 Å². The van der Waals surface area contributed by atoms with Crippen LogP contribution in [0, 0.1) is 0 Å². The highest BCUT2D eigenvalue weighted by Gasteiger charge is 2.18. The lowest BCUT2D eigenvalue weighted by atomic mass is 10.0. The van der Waals surface area contributed by atoms with Crippen molar-refractivity contribution in [1.29, 1.82) is 0 Å². The summed E-state index contributed by atoms with van der Waals surface area (Å²) in [5.74, 6) is 1.03. The lowest BCUT2D eigenvalue weighted by molar-refractivity contribution is 0.520. The molecule has 0 radical (unpaired) electrons. The number of nitrogens with zero attached hydrogens (tertiary/aromatic N) is 1. The molecule has 174 valence electrons. The number of hydrogen-bond donors (Lipinski definition) is 1. The Morgan fingerprint density at radius 1 is 0.800 bits per heavy atom. The third kappa shape index (κ3) is 11.1. The van der Waals surface area contributed by atoms with Gasteiger partial charge in [0, 0.05) is 24.7 Å². The van der Waals surface area contributed by atoms with Crippen LogP contribution in [0.4, 0.5) is 5.69 Å². The molecule has 0 bridgehead atoms. The minimum atomic E-state index is -3.42. The van der Waals surface area contributed by atoms with Crippen molar-refractivity contribution in [2.45, 2.75) is 107 Å². The first-order valence-electron chi connectivity index (χ1n) is 11.8. The first-order chi connectivity index (χ1) is 14.4. The van der Waals surface area contributed by atoms with E-state index in [1.807, 2.05) is 6.07 Å². The predicted octanol–water partition coefficient (Wildman–Crippen LogP) is 7.09. The molecular formula is C24H44N2O2S2. The van der Waals surface area contributed by atoms with E-state index >= 15 is 0 Å². The first kappa shape index (κ1) is 27.3. The number of unbranched alkanes of at least 4 members (excludes halogenated alkanes) is 13. The largest absolute Gasteiger partial charge is 0.398 e. The number of anilines is 1. The smallest absolute Gasteiger partial charge is 0.242 e. The van der Waals surface area contributed by atoms with Gasteiger partial charge in [0.15, 0.2) is 0 Å². The van der Waals surface area contributed by atoms with E-state index in [1.54, 1.807) is 23.9 Å². The van der Waals surface area contributed by atoms with Gasteiger partial charge in [-0.25, -0.2) is 12.7 Å². The predicted molar refractivity (Wildman–Crippen MR) is 133 cm³/mol. The number of hydrogen-bond acceptors (Lipinski definition) is 4. The van der Waals surface area contributed by atoms with E-state index in [2.05, 4.69) is 6.92 Å². The SMILES string of the molecule is CCCCCCCCCCCCCCCCSc1ccc(S(=O)(=O)N(C)C)cc1N. The highest BCUT2D eigenvalue weighted by molar-refractivity contribution is 7.99. The van der Waals surface area contributed by atoms with Crippen molar-refractivity contribution in [1.82, 2.24) is 4.31 Å². The van der Waals surface area contributed by atoms with Gasteiger partial charge in [-0.15, -0.1) is 11.8 Å². The molecule has 1 aromatic carbocycles. The maximum absolute atomic E-state index is 12.2. The highest BCUT2D eigenvalue weighted by Crippen LogP contribution is 2.29. The van der Waals surface area contributed by atoms with Gasteiger partial charge in [0.1, 0.15) is 0 Å². The molecule has 2 N–H and O–H groups in total. The Morgan fingerprint density at radius 2 is 1.27 bits per heavy atom. The molecule has 0 amide bonds. The maximum Gasteiger partial charge on any atom is 0.242 e. The van der Waals surface area contributed by atoms with Crippen molar-refractivity contribution < 1.29 is 8.42 Å². The Kier molecular flexibility index (Phi) is 14.6.